The van der Waals surface area contributed by atoms with Gasteiger partial charge in [-0.05, 0) is 25.5 Å². The smallest absolute Gasteiger partial charge is 0.331 e. The van der Waals surface area contributed by atoms with Crippen LogP contribution in [-0.2, 0) is 19.3 Å². The highest BCUT2D eigenvalue weighted by Gasteiger charge is 2.40. The number of benzene rings is 1. The third-order valence-electron chi connectivity index (χ3n) is 4.76. The Balaban J connectivity index is 1.68. The maximum absolute atomic E-state index is 14.0. The van der Waals surface area contributed by atoms with Gasteiger partial charge in [0.25, 0.3) is 5.91 Å². The molecule has 10 heteroatoms. The molecule has 1 aliphatic heterocycles. The number of hydrogen-bond acceptors (Lipinski definition) is 3. The van der Waals surface area contributed by atoms with Crippen LogP contribution in [-0.4, -0.2) is 36.4 Å². The van der Waals surface area contributed by atoms with Crippen LogP contribution in [0, 0.1) is 12.7 Å². The highest BCUT2D eigenvalue weighted by atomic mass is 19.4. The predicted octanol–water partition coefficient (Wildman–Crippen LogP) is 3.27. The minimum Gasteiger partial charge on any atom is -0.331 e. The number of H-pyrrole nitrogens is 1. The molecule has 1 aromatic carbocycles. The third kappa shape index (κ3) is 2.75. The van der Waals surface area contributed by atoms with Gasteiger partial charge in [0.1, 0.15) is 11.3 Å². The molecule has 1 amide bonds. The fourth-order valence-electron chi connectivity index (χ4n) is 3.36. The van der Waals surface area contributed by atoms with Gasteiger partial charge in [-0.3, -0.25) is 4.79 Å². The lowest BCUT2D eigenvalue weighted by molar-refractivity contribution is -0.148. The number of carbonyl (C=O) groups excluding carboxylic acids is 1. The average Bonchev–Trinajstić information content (AvgIpc) is 3.21. The Kier molecular flexibility index (Phi) is 3.76. The number of carbonyl (C=O) groups is 1. The number of aromatic nitrogens is 4. The molecule has 0 radical (unpaired) electrons. The van der Waals surface area contributed by atoms with Crippen LogP contribution in [0.3, 0.4) is 0 Å². The molecule has 3 heterocycles. The molecule has 0 unspecified atom stereocenters. The molecule has 2 aromatic heterocycles. The monoisotopic (exact) mass is 381 g/mol. The van der Waals surface area contributed by atoms with Gasteiger partial charge in [0.05, 0.1) is 24.0 Å². The first-order valence-electron chi connectivity index (χ1n) is 8.24. The fourth-order valence-corrected chi connectivity index (χ4v) is 3.36. The van der Waals surface area contributed by atoms with Crippen molar-refractivity contribution in [3.8, 4) is 0 Å². The van der Waals surface area contributed by atoms with Crippen molar-refractivity contribution < 1.29 is 22.4 Å². The van der Waals surface area contributed by atoms with Gasteiger partial charge in [-0.15, -0.1) is 0 Å². The minimum absolute atomic E-state index is 0.0382. The SMILES string of the molecule is Cc1ccc(F)c2[nH]c(C(=O)N3Cc4cnc(C(F)(F)F)n4C[C@@H]3C)nc12. The number of aromatic amines is 1. The summed E-state index contributed by atoms with van der Waals surface area (Å²) in [7, 11) is 0. The second kappa shape index (κ2) is 5.80. The van der Waals surface area contributed by atoms with Gasteiger partial charge in [0, 0.05) is 12.6 Å². The number of alkyl halides is 3. The van der Waals surface area contributed by atoms with Crippen LogP contribution in [0.1, 0.15) is 34.6 Å². The first kappa shape index (κ1) is 17.5. The summed E-state index contributed by atoms with van der Waals surface area (Å²) >= 11 is 0. The topological polar surface area (TPSA) is 66.8 Å². The molecule has 0 saturated carbocycles. The molecule has 3 aromatic rings. The lowest BCUT2D eigenvalue weighted by Gasteiger charge is -2.34. The lowest BCUT2D eigenvalue weighted by Crippen LogP contribution is -2.45. The summed E-state index contributed by atoms with van der Waals surface area (Å²) < 4.78 is 54.1. The average molecular weight is 381 g/mol. The largest absolute Gasteiger partial charge is 0.449 e. The van der Waals surface area contributed by atoms with Gasteiger partial charge < -0.3 is 14.5 Å². The van der Waals surface area contributed by atoms with E-state index in [9.17, 15) is 22.4 Å². The van der Waals surface area contributed by atoms with Crippen LogP contribution in [0.4, 0.5) is 17.6 Å². The van der Waals surface area contributed by atoms with Gasteiger partial charge >= 0.3 is 6.18 Å². The molecule has 0 saturated heterocycles. The van der Waals surface area contributed by atoms with Gasteiger partial charge in [0.15, 0.2) is 5.82 Å². The fraction of sp³-hybridized carbons (Fsp3) is 0.353. The van der Waals surface area contributed by atoms with E-state index in [1.165, 1.54) is 11.0 Å². The predicted molar refractivity (Wildman–Crippen MR) is 87.4 cm³/mol. The molecular weight excluding hydrogens is 366 g/mol. The highest BCUT2D eigenvalue weighted by molar-refractivity contribution is 5.95. The standard InChI is InChI=1S/C17H15F4N5O/c1-8-3-4-11(18)13-12(8)23-14(24-13)15(27)25-7-10-5-22-16(17(19,20)21)26(10)6-9(25)2/h3-5,9H,6-7H2,1-2H3,(H,23,24)/t9-/m0/s1. The second-order valence-corrected chi connectivity index (χ2v) is 6.64. The number of nitrogens with zero attached hydrogens (tertiary/aromatic N) is 4. The van der Waals surface area contributed by atoms with Crippen LogP contribution in [0.2, 0.25) is 0 Å². The molecule has 1 atom stereocenters. The van der Waals surface area contributed by atoms with Crippen molar-refractivity contribution in [2.75, 3.05) is 0 Å². The zero-order valence-electron chi connectivity index (χ0n) is 14.4. The Labute approximate surface area is 150 Å². The molecule has 4 rings (SSSR count). The summed E-state index contributed by atoms with van der Waals surface area (Å²) in [6, 6.07) is 2.33. The maximum atomic E-state index is 14.0. The number of rotatable bonds is 1. The van der Waals surface area contributed by atoms with Gasteiger partial charge in [-0.2, -0.15) is 13.2 Å². The van der Waals surface area contributed by atoms with Crippen LogP contribution < -0.4 is 0 Å². The summed E-state index contributed by atoms with van der Waals surface area (Å²) in [6.07, 6.45) is -3.44. The Bertz CT molecular complexity index is 1010. The zero-order valence-corrected chi connectivity index (χ0v) is 14.4. The number of aryl methyl sites for hydroxylation is 1. The Morgan fingerprint density at radius 2 is 2.07 bits per heavy atom. The van der Waals surface area contributed by atoms with Crippen molar-refractivity contribution >= 4 is 16.9 Å². The molecule has 142 valence electrons. The maximum Gasteiger partial charge on any atom is 0.449 e. The molecule has 0 fully saturated rings. The highest BCUT2D eigenvalue weighted by Crippen LogP contribution is 2.32. The van der Waals surface area contributed by atoms with Crippen molar-refractivity contribution in [2.24, 2.45) is 0 Å². The van der Waals surface area contributed by atoms with Crippen molar-refractivity contribution in [1.29, 1.82) is 0 Å². The molecule has 0 aliphatic carbocycles. The van der Waals surface area contributed by atoms with Gasteiger partial charge in [-0.1, -0.05) is 6.07 Å². The normalized spacial score (nSPS) is 17.4. The number of hydrogen-bond donors (Lipinski definition) is 1. The van der Waals surface area contributed by atoms with Crippen molar-refractivity contribution in [1.82, 2.24) is 24.4 Å². The number of nitrogens with one attached hydrogen (secondary N) is 1. The summed E-state index contributed by atoms with van der Waals surface area (Å²) in [4.78, 5) is 24.6. The first-order chi connectivity index (χ1) is 12.7. The zero-order chi connectivity index (χ0) is 19.5. The quantitative estimate of drug-likeness (QED) is 0.658. The number of halogens is 4. The lowest BCUT2D eigenvalue weighted by atomic mass is 10.2. The molecule has 1 N–H and O–H groups in total. The third-order valence-corrected chi connectivity index (χ3v) is 4.76. The number of imidazole rings is 2. The molecule has 1 aliphatic rings. The number of fused-ring (bicyclic) bond motifs is 2. The Hall–Kier alpha value is -2.91. The van der Waals surface area contributed by atoms with Crippen molar-refractivity contribution in [3.63, 3.8) is 0 Å². The van der Waals surface area contributed by atoms with Crippen LogP contribution in [0.25, 0.3) is 11.0 Å². The van der Waals surface area contributed by atoms with E-state index >= 15 is 0 Å². The molecule has 27 heavy (non-hydrogen) atoms. The van der Waals surface area contributed by atoms with E-state index in [0.717, 1.165) is 10.8 Å². The molecule has 0 spiro atoms. The van der Waals surface area contributed by atoms with E-state index in [0.29, 0.717) is 11.1 Å². The van der Waals surface area contributed by atoms with Crippen molar-refractivity contribution in [3.05, 3.63) is 47.1 Å². The van der Waals surface area contributed by atoms with Gasteiger partial charge in [-0.25, -0.2) is 14.4 Å². The van der Waals surface area contributed by atoms with E-state index in [4.69, 9.17) is 0 Å². The summed E-state index contributed by atoms with van der Waals surface area (Å²) in [5, 5.41) is 0. The van der Waals surface area contributed by atoms with E-state index < -0.39 is 29.8 Å². The van der Waals surface area contributed by atoms with Gasteiger partial charge in [0.2, 0.25) is 5.82 Å². The minimum atomic E-state index is -4.56. The van der Waals surface area contributed by atoms with Crippen LogP contribution >= 0.6 is 0 Å². The summed E-state index contributed by atoms with van der Waals surface area (Å²) in [6.45, 7) is 3.32. The van der Waals surface area contributed by atoms with E-state index in [1.54, 1.807) is 19.9 Å². The first-order valence-corrected chi connectivity index (χ1v) is 8.24. The second-order valence-electron chi connectivity index (χ2n) is 6.64. The molecular formula is C17H15F4N5O. The van der Waals surface area contributed by atoms with E-state index in [2.05, 4.69) is 15.0 Å². The van der Waals surface area contributed by atoms with E-state index in [-0.39, 0.29) is 30.1 Å². The molecule has 0 bridgehead atoms. The van der Waals surface area contributed by atoms with Crippen LogP contribution in [0.5, 0.6) is 0 Å². The summed E-state index contributed by atoms with van der Waals surface area (Å²) in [5.74, 6) is -2.05. The molecule has 6 nitrogen and oxygen atoms in total. The van der Waals surface area contributed by atoms with Crippen LogP contribution in [0.15, 0.2) is 18.3 Å². The van der Waals surface area contributed by atoms with E-state index in [1.807, 2.05) is 0 Å². The Morgan fingerprint density at radius 3 is 2.74 bits per heavy atom. The van der Waals surface area contributed by atoms with Crippen molar-refractivity contribution in [2.45, 2.75) is 39.2 Å². The Morgan fingerprint density at radius 1 is 1.33 bits per heavy atom. The number of amides is 1. The summed E-state index contributed by atoms with van der Waals surface area (Å²) in [5.41, 5.74) is 1.48.